The summed E-state index contributed by atoms with van der Waals surface area (Å²) in [4.78, 5) is 11.9. The Hall–Kier alpha value is -2.33. The summed E-state index contributed by atoms with van der Waals surface area (Å²) in [6.45, 7) is 3.70. The largest absolute Gasteiger partial charge is 0.468 e. The van der Waals surface area contributed by atoms with Gasteiger partial charge in [0.1, 0.15) is 5.76 Å². The van der Waals surface area contributed by atoms with Gasteiger partial charge in [0.05, 0.1) is 12.3 Å². The van der Waals surface area contributed by atoms with Crippen molar-refractivity contribution in [2.24, 2.45) is 0 Å². The molecule has 19 heavy (non-hydrogen) atoms. The number of amides is 1. The van der Waals surface area contributed by atoms with E-state index >= 15 is 0 Å². The van der Waals surface area contributed by atoms with Gasteiger partial charge in [-0.3, -0.25) is 10.2 Å². The third-order valence-corrected chi connectivity index (χ3v) is 2.68. The van der Waals surface area contributed by atoms with Crippen LogP contribution in [0.25, 0.3) is 0 Å². The highest BCUT2D eigenvalue weighted by atomic mass is 16.3. The summed E-state index contributed by atoms with van der Waals surface area (Å²) >= 11 is 0. The second kappa shape index (κ2) is 6.56. The van der Waals surface area contributed by atoms with E-state index in [4.69, 9.17) is 4.42 Å². The molecule has 1 heterocycles. The Kier molecular flexibility index (Phi) is 4.53. The SMILES string of the molecule is C=CCC(NNC(=O)c1ccccc1)c1ccco1. The molecule has 1 unspecified atom stereocenters. The number of furan rings is 1. The van der Waals surface area contributed by atoms with Crippen LogP contribution in [0.2, 0.25) is 0 Å². The molecule has 0 saturated carbocycles. The zero-order valence-electron chi connectivity index (χ0n) is 10.5. The van der Waals surface area contributed by atoms with Gasteiger partial charge < -0.3 is 4.42 Å². The fourth-order valence-corrected chi connectivity index (χ4v) is 1.72. The smallest absolute Gasteiger partial charge is 0.265 e. The lowest BCUT2D eigenvalue weighted by atomic mass is 10.1. The number of nitrogens with one attached hydrogen (secondary N) is 2. The normalized spacial score (nSPS) is 11.8. The van der Waals surface area contributed by atoms with Gasteiger partial charge in [-0.25, -0.2) is 5.43 Å². The number of carbonyl (C=O) groups excluding carboxylic acids is 1. The number of rotatable bonds is 6. The van der Waals surface area contributed by atoms with E-state index in [1.165, 1.54) is 0 Å². The third-order valence-electron chi connectivity index (χ3n) is 2.68. The Morgan fingerprint density at radius 1 is 1.26 bits per heavy atom. The highest BCUT2D eigenvalue weighted by Crippen LogP contribution is 2.16. The maximum Gasteiger partial charge on any atom is 0.265 e. The molecule has 2 rings (SSSR count). The van der Waals surface area contributed by atoms with Crippen LogP contribution >= 0.6 is 0 Å². The van der Waals surface area contributed by atoms with Gasteiger partial charge in [-0.1, -0.05) is 24.3 Å². The molecule has 4 heteroatoms. The Bertz CT molecular complexity index is 520. The van der Waals surface area contributed by atoms with Crippen LogP contribution in [0.15, 0.2) is 65.8 Å². The molecule has 1 atom stereocenters. The Morgan fingerprint density at radius 2 is 2.05 bits per heavy atom. The predicted octanol–water partition coefficient (Wildman–Crippen LogP) is 2.83. The maximum atomic E-state index is 11.9. The van der Waals surface area contributed by atoms with E-state index < -0.39 is 0 Å². The molecule has 0 spiro atoms. The molecule has 1 aromatic carbocycles. The molecule has 2 aromatic rings. The fraction of sp³-hybridized carbons (Fsp3) is 0.133. The molecule has 0 fully saturated rings. The van der Waals surface area contributed by atoms with Crippen molar-refractivity contribution in [3.63, 3.8) is 0 Å². The number of hydrogen-bond donors (Lipinski definition) is 2. The van der Waals surface area contributed by atoms with Gasteiger partial charge in [-0.05, 0) is 30.7 Å². The Labute approximate surface area is 112 Å². The lowest BCUT2D eigenvalue weighted by Crippen LogP contribution is -2.39. The number of benzene rings is 1. The maximum absolute atomic E-state index is 11.9. The van der Waals surface area contributed by atoms with Crippen molar-refractivity contribution < 1.29 is 9.21 Å². The van der Waals surface area contributed by atoms with E-state index in [1.807, 2.05) is 30.3 Å². The van der Waals surface area contributed by atoms with Gasteiger partial charge in [-0.15, -0.1) is 6.58 Å². The minimum atomic E-state index is -0.179. The van der Waals surface area contributed by atoms with Gasteiger partial charge in [0.15, 0.2) is 0 Å². The van der Waals surface area contributed by atoms with Crippen LogP contribution in [-0.4, -0.2) is 5.91 Å². The average molecular weight is 256 g/mol. The number of hydrazine groups is 1. The van der Waals surface area contributed by atoms with Crippen molar-refractivity contribution in [2.45, 2.75) is 12.5 Å². The van der Waals surface area contributed by atoms with E-state index in [-0.39, 0.29) is 11.9 Å². The molecule has 0 saturated heterocycles. The molecule has 0 aliphatic heterocycles. The van der Waals surface area contributed by atoms with Gasteiger partial charge in [0.2, 0.25) is 0 Å². The number of carbonyl (C=O) groups is 1. The van der Waals surface area contributed by atoms with Crippen LogP contribution in [0, 0.1) is 0 Å². The quantitative estimate of drug-likeness (QED) is 0.617. The summed E-state index contributed by atoms with van der Waals surface area (Å²) in [5.74, 6) is 0.578. The van der Waals surface area contributed by atoms with Crippen molar-refractivity contribution in [1.82, 2.24) is 10.9 Å². The van der Waals surface area contributed by atoms with E-state index in [9.17, 15) is 4.79 Å². The zero-order chi connectivity index (χ0) is 13.5. The summed E-state index contributed by atoms with van der Waals surface area (Å²) in [6.07, 6.45) is 4.03. The molecular weight excluding hydrogens is 240 g/mol. The molecule has 1 amide bonds. The van der Waals surface area contributed by atoms with E-state index in [1.54, 1.807) is 24.5 Å². The van der Waals surface area contributed by atoms with E-state index in [0.29, 0.717) is 12.0 Å². The Balaban J connectivity index is 1.96. The summed E-state index contributed by atoms with van der Waals surface area (Å²) in [5.41, 5.74) is 6.24. The van der Waals surface area contributed by atoms with Crippen molar-refractivity contribution in [3.8, 4) is 0 Å². The molecule has 98 valence electrons. The summed E-state index contributed by atoms with van der Waals surface area (Å²) < 4.78 is 5.32. The first kappa shape index (κ1) is 13.1. The van der Waals surface area contributed by atoms with Gasteiger partial charge in [0.25, 0.3) is 5.91 Å². The van der Waals surface area contributed by atoms with Crippen LogP contribution in [0.1, 0.15) is 28.6 Å². The first-order valence-corrected chi connectivity index (χ1v) is 6.06. The predicted molar refractivity (Wildman–Crippen MR) is 73.3 cm³/mol. The molecule has 1 aromatic heterocycles. The van der Waals surface area contributed by atoms with Crippen LogP contribution < -0.4 is 10.9 Å². The number of hydrogen-bond acceptors (Lipinski definition) is 3. The minimum absolute atomic E-state index is 0.125. The minimum Gasteiger partial charge on any atom is -0.468 e. The molecule has 0 aliphatic carbocycles. The van der Waals surface area contributed by atoms with Crippen LogP contribution in [-0.2, 0) is 0 Å². The topological polar surface area (TPSA) is 54.3 Å². The fourth-order valence-electron chi connectivity index (χ4n) is 1.72. The van der Waals surface area contributed by atoms with Crippen LogP contribution in [0.5, 0.6) is 0 Å². The van der Waals surface area contributed by atoms with Gasteiger partial charge in [0, 0.05) is 5.56 Å². The standard InChI is InChI=1S/C15H16N2O2/c1-2-7-13(14-10-6-11-19-14)16-17-15(18)12-8-4-3-5-9-12/h2-6,8-11,13,16H,1,7H2,(H,17,18). The zero-order valence-corrected chi connectivity index (χ0v) is 10.5. The second-order valence-corrected chi connectivity index (χ2v) is 4.06. The van der Waals surface area contributed by atoms with Crippen molar-refractivity contribution >= 4 is 5.91 Å². The summed E-state index contributed by atoms with van der Waals surface area (Å²) in [7, 11) is 0. The highest BCUT2D eigenvalue weighted by molar-refractivity contribution is 5.93. The van der Waals surface area contributed by atoms with E-state index in [2.05, 4.69) is 17.4 Å². The molecule has 2 N–H and O–H groups in total. The van der Waals surface area contributed by atoms with Gasteiger partial charge >= 0.3 is 0 Å². The summed E-state index contributed by atoms with van der Waals surface area (Å²) in [6, 6.07) is 12.6. The highest BCUT2D eigenvalue weighted by Gasteiger charge is 2.13. The first-order valence-electron chi connectivity index (χ1n) is 6.06. The van der Waals surface area contributed by atoms with E-state index in [0.717, 1.165) is 5.76 Å². The second-order valence-electron chi connectivity index (χ2n) is 4.06. The van der Waals surface area contributed by atoms with Crippen molar-refractivity contribution in [3.05, 3.63) is 72.7 Å². The molecular formula is C15H16N2O2. The van der Waals surface area contributed by atoms with Crippen molar-refractivity contribution in [2.75, 3.05) is 0 Å². The molecule has 0 bridgehead atoms. The lowest BCUT2D eigenvalue weighted by molar-refractivity contribution is 0.0923. The summed E-state index contributed by atoms with van der Waals surface area (Å²) in [5, 5.41) is 0. The molecule has 0 aliphatic rings. The van der Waals surface area contributed by atoms with Crippen LogP contribution in [0.4, 0.5) is 0 Å². The molecule has 4 nitrogen and oxygen atoms in total. The monoisotopic (exact) mass is 256 g/mol. The van der Waals surface area contributed by atoms with Gasteiger partial charge in [-0.2, -0.15) is 0 Å². The first-order chi connectivity index (χ1) is 9.31. The average Bonchev–Trinajstić information content (AvgIpc) is 2.98. The third kappa shape index (κ3) is 3.56. The molecule has 0 radical (unpaired) electrons. The lowest BCUT2D eigenvalue weighted by Gasteiger charge is -2.15. The van der Waals surface area contributed by atoms with Crippen LogP contribution in [0.3, 0.4) is 0 Å². The van der Waals surface area contributed by atoms with Crippen molar-refractivity contribution in [1.29, 1.82) is 0 Å². The Morgan fingerprint density at radius 3 is 2.68 bits per heavy atom.